The molecule has 3 rings (SSSR count). The zero-order valence-electron chi connectivity index (χ0n) is 14.0. The Morgan fingerprint density at radius 1 is 1.42 bits per heavy atom. The molecule has 1 aliphatic rings. The molecule has 2 N–H and O–H groups in total. The molecule has 0 saturated carbocycles. The number of fused-ring (bicyclic) bond motifs is 1. The van der Waals surface area contributed by atoms with Gasteiger partial charge in [-0.15, -0.1) is 16.4 Å². The summed E-state index contributed by atoms with van der Waals surface area (Å²) in [5.74, 6) is -0.174. The van der Waals surface area contributed by atoms with Crippen molar-refractivity contribution in [1.82, 2.24) is 20.1 Å². The number of nitrogens with zero attached hydrogens (tertiary/aromatic N) is 3. The molecule has 0 radical (unpaired) electrons. The number of carbonyl (C=O) groups is 2. The van der Waals surface area contributed by atoms with Gasteiger partial charge in [0.2, 0.25) is 11.9 Å². The molecule has 2 amide bonds. The van der Waals surface area contributed by atoms with Crippen LogP contribution >= 0.6 is 11.3 Å². The summed E-state index contributed by atoms with van der Waals surface area (Å²) < 4.78 is 1.39. The predicted octanol–water partition coefficient (Wildman–Crippen LogP) is 1.85. The second kappa shape index (κ2) is 6.35. The van der Waals surface area contributed by atoms with Crippen molar-refractivity contribution in [3.05, 3.63) is 27.7 Å². The number of rotatable bonds is 4. The molecule has 0 spiro atoms. The first kappa shape index (κ1) is 16.6. The van der Waals surface area contributed by atoms with Crippen LogP contribution < -0.4 is 10.6 Å². The highest BCUT2D eigenvalue weighted by molar-refractivity contribution is 7.14. The van der Waals surface area contributed by atoms with Crippen molar-refractivity contribution in [3.63, 3.8) is 0 Å². The molecule has 0 bridgehead atoms. The van der Waals surface area contributed by atoms with Gasteiger partial charge >= 0.3 is 0 Å². The summed E-state index contributed by atoms with van der Waals surface area (Å²) in [7, 11) is 1.56. The van der Waals surface area contributed by atoms with Gasteiger partial charge in [0.1, 0.15) is 12.9 Å². The zero-order chi connectivity index (χ0) is 17.3. The summed E-state index contributed by atoms with van der Waals surface area (Å²) in [6.07, 6.45) is 4.60. The third-order valence-electron chi connectivity index (χ3n) is 4.16. The molecule has 0 aromatic carbocycles. The molecule has 0 saturated heterocycles. The Hall–Kier alpha value is -2.22. The number of thiophene rings is 1. The van der Waals surface area contributed by atoms with Crippen LogP contribution in [0.3, 0.4) is 0 Å². The Labute approximate surface area is 144 Å². The van der Waals surface area contributed by atoms with Crippen LogP contribution in [-0.2, 0) is 24.2 Å². The van der Waals surface area contributed by atoms with Crippen molar-refractivity contribution in [2.75, 3.05) is 12.4 Å². The molecule has 128 valence electrons. The third kappa shape index (κ3) is 3.64. The molecule has 8 heteroatoms. The van der Waals surface area contributed by atoms with Crippen LogP contribution in [0.15, 0.2) is 12.4 Å². The van der Waals surface area contributed by atoms with Crippen LogP contribution in [0.2, 0.25) is 0 Å². The first-order chi connectivity index (χ1) is 11.4. The predicted molar refractivity (Wildman–Crippen MR) is 92.2 cm³/mol. The highest BCUT2D eigenvalue weighted by atomic mass is 32.1. The molecular formula is C16H21N5O2S. The SMILES string of the molecule is CNC(=O)Cn1cnc(NC(=O)c2cc3c(s2)CCC(C)(C)C3)n1. The van der Waals surface area contributed by atoms with E-state index in [2.05, 4.69) is 34.6 Å². The minimum atomic E-state index is -0.204. The smallest absolute Gasteiger partial charge is 0.268 e. The van der Waals surface area contributed by atoms with Crippen LogP contribution in [0.25, 0.3) is 0 Å². The number of aromatic nitrogens is 3. The molecular weight excluding hydrogens is 326 g/mol. The van der Waals surface area contributed by atoms with Crippen LogP contribution in [-0.4, -0.2) is 33.6 Å². The number of aryl methyl sites for hydroxylation is 1. The molecule has 0 unspecified atom stereocenters. The van der Waals surface area contributed by atoms with Gasteiger partial charge in [0, 0.05) is 11.9 Å². The van der Waals surface area contributed by atoms with Gasteiger partial charge in [-0.25, -0.2) is 9.67 Å². The van der Waals surface area contributed by atoms with Gasteiger partial charge in [-0.1, -0.05) is 13.8 Å². The van der Waals surface area contributed by atoms with Crippen LogP contribution in [0.4, 0.5) is 5.95 Å². The van der Waals surface area contributed by atoms with Crippen molar-refractivity contribution in [2.24, 2.45) is 5.41 Å². The molecule has 1 aliphatic carbocycles. The Morgan fingerprint density at radius 2 is 2.21 bits per heavy atom. The topological polar surface area (TPSA) is 88.9 Å². The van der Waals surface area contributed by atoms with Crippen molar-refractivity contribution in [1.29, 1.82) is 0 Å². The quantitative estimate of drug-likeness (QED) is 0.883. The fourth-order valence-corrected chi connectivity index (χ4v) is 3.89. The second-order valence-electron chi connectivity index (χ2n) is 6.79. The second-order valence-corrected chi connectivity index (χ2v) is 7.93. The highest BCUT2D eigenvalue weighted by Crippen LogP contribution is 2.38. The number of amides is 2. The van der Waals surface area contributed by atoms with E-state index >= 15 is 0 Å². The molecule has 2 heterocycles. The maximum Gasteiger partial charge on any atom is 0.268 e. The van der Waals surface area contributed by atoms with E-state index in [0.717, 1.165) is 19.3 Å². The summed E-state index contributed by atoms with van der Waals surface area (Å²) in [6, 6.07) is 1.98. The van der Waals surface area contributed by atoms with E-state index < -0.39 is 0 Å². The fourth-order valence-electron chi connectivity index (χ4n) is 2.81. The molecule has 0 fully saturated rings. The van der Waals surface area contributed by atoms with E-state index in [-0.39, 0.29) is 24.3 Å². The van der Waals surface area contributed by atoms with Gasteiger partial charge in [-0.05, 0) is 36.3 Å². The number of carbonyl (C=O) groups excluding carboxylic acids is 2. The normalized spacial score (nSPS) is 15.6. The van der Waals surface area contributed by atoms with Gasteiger partial charge in [0.25, 0.3) is 5.91 Å². The molecule has 2 aromatic rings. The van der Waals surface area contributed by atoms with E-state index in [9.17, 15) is 9.59 Å². The lowest BCUT2D eigenvalue weighted by Gasteiger charge is -2.29. The molecule has 24 heavy (non-hydrogen) atoms. The number of nitrogens with one attached hydrogen (secondary N) is 2. The first-order valence-electron chi connectivity index (χ1n) is 7.89. The van der Waals surface area contributed by atoms with Gasteiger partial charge < -0.3 is 5.32 Å². The molecule has 7 nitrogen and oxygen atoms in total. The van der Waals surface area contributed by atoms with E-state index in [1.165, 1.54) is 21.4 Å². The van der Waals surface area contributed by atoms with E-state index in [0.29, 0.717) is 10.3 Å². The van der Waals surface area contributed by atoms with E-state index in [1.807, 2.05) is 6.07 Å². The summed E-state index contributed by atoms with van der Waals surface area (Å²) in [6.45, 7) is 4.59. The Kier molecular flexibility index (Phi) is 4.40. The summed E-state index contributed by atoms with van der Waals surface area (Å²) >= 11 is 1.55. The fraction of sp³-hybridized carbons (Fsp3) is 0.500. The first-order valence-corrected chi connectivity index (χ1v) is 8.71. The number of hydrogen-bond acceptors (Lipinski definition) is 5. The van der Waals surface area contributed by atoms with Crippen molar-refractivity contribution in [3.8, 4) is 0 Å². The molecule has 0 atom stereocenters. The van der Waals surface area contributed by atoms with Gasteiger partial charge in [-0.3, -0.25) is 14.9 Å². The minimum absolute atomic E-state index is 0.0712. The number of hydrogen-bond donors (Lipinski definition) is 2. The Morgan fingerprint density at radius 3 is 2.96 bits per heavy atom. The molecule has 2 aromatic heterocycles. The zero-order valence-corrected chi connectivity index (χ0v) is 14.9. The van der Waals surface area contributed by atoms with Crippen molar-refractivity contribution >= 4 is 29.1 Å². The van der Waals surface area contributed by atoms with Gasteiger partial charge in [0.05, 0.1) is 4.88 Å². The Balaban J connectivity index is 1.68. The van der Waals surface area contributed by atoms with Crippen LogP contribution in [0.5, 0.6) is 0 Å². The molecule has 0 aliphatic heterocycles. The minimum Gasteiger partial charge on any atom is -0.358 e. The summed E-state index contributed by atoms with van der Waals surface area (Å²) in [5.41, 5.74) is 1.57. The number of anilines is 1. The van der Waals surface area contributed by atoms with Gasteiger partial charge in [-0.2, -0.15) is 0 Å². The van der Waals surface area contributed by atoms with Crippen molar-refractivity contribution in [2.45, 2.75) is 39.7 Å². The lowest BCUT2D eigenvalue weighted by molar-refractivity contribution is -0.121. The van der Waals surface area contributed by atoms with Crippen LogP contribution in [0, 0.1) is 5.41 Å². The van der Waals surface area contributed by atoms with Crippen molar-refractivity contribution < 1.29 is 9.59 Å². The average Bonchev–Trinajstić information content (AvgIpc) is 3.12. The third-order valence-corrected chi connectivity index (χ3v) is 5.40. The summed E-state index contributed by atoms with van der Waals surface area (Å²) in [4.78, 5) is 29.7. The maximum absolute atomic E-state index is 12.4. The van der Waals surface area contributed by atoms with E-state index in [1.54, 1.807) is 18.4 Å². The Bertz CT molecular complexity index is 777. The van der Waals surface area contributed by atoms with Gasteiger partial charge in [0.15, 0.2) is 0 Å². The number of likely N-dealkylation sites (N-methyl/N-ethyl adjacent to an activating group) is 1. The lowest BCUT2D eigenvalue weighted by Crippen LogP contribution is -2.23. The highest BCUT2D eigenvalue weighted by Gasteiger charge is 2.28. The largest absolute Gasteiger partial charge is 0.358 e. The summed E-state index contributed by atoms with van der Waals surface area (Å²) in [5, 5.41) is 9.29. The van der Waals surface area contributed by atoms with E-state index in [4.69, 9.17) is 0 Å². The van der Waals surface area contributed by atoms with Crippen LogP contribution in [0.1, 0.15) is 40.4 Å². The maximum atomic E-state index is 12.4. The standard InChI is InChI=1S/C16H21N5O2S/c1-16(2)5-4-11-10(7-16)6-12(24-11)14(23)19-15-18-9-21(20-15)8-13(22)17-3/h6,9H,4-5,7-8H2,1-3H3,(H,17,22)(H,19,20,23). The monoisotopic (exact) mass is 347 g/mol. The average molecular weight is 347 g/mol. The lowest BCUT2D eigenvalue weighted by atomic mass is 9.77.